The average Bonchev–Trinajstić information content (AvgIpc) is 3.28. The minimum atomic E-state index is -0.317. The summed E-state index contributed by atoms with van der Waals surface area (Å²) in [6.45, 7) is 7.60. The summed E-state index contributed by atoms with van der Waals surface area (Å²) in [5.41, 5.74) is 4.00. The number of pyridine rings is 1. The summed E-state index contributed by atoms with van der Waals surface area (Å²) in [5.74, 6) is 0.392. The molecule has 178 valence electrons. The number of nitrogens with one attached hydrogen (secondary N) is 1. The molecule has 3 aromatic rings. The number of anilines is 1. The van der Waals surface area contributed by atoms with Gasteiger partial charge in [0.25, 0.3) is 0 Å². The molecule has 0 spiro atoms. The van der Waals surface area contributed by atoms with Gasteiger partial charge in [-0.25, -0.2) is 9.78 Å². The van der Waals surface area contributed by atoms with Gasteiger partial charge in [0.2, 0.25) is 0 Å². The summed E-state index contributed by atoms with van der Waals surface area (Å²) in [6.07, 6.45) is 3.52. The lowest BCUT2D eigenvalue weighted by molar-refractivity contribution is 0.0378. The van der Waals surface area contributed by atoms with Crippen LogP contribution in [0.2, 0.25) is 5.02 Å². The molecule has 0 bridgehead atoms. The van der Waals surface area contributed by atoms with Gasteiger partial charge in [-0.05, 0) is 62.9 Å². The summed E-state index contributed by atoms with van der Waals surface area (Å²) in [5, 5.41) is 4.52. The minimum absolute atomic E-state index is 0.159. The molecule has 1 aliphatic rings. The number of halogens is 1. The molecule has 1 N–H and O–H groups in total. The van der Waals surface area contributed by atoms with Crippen molar-refractivity contribution in [1.29, 1.82) is 0 Å². The fraction of sp³-hybridized carbons (Fsp3) is 0.357. The van der Waals surface area contributed by atoms with Crippen molar-refractivity contribution in [1.82, 2.24) is 10.3 Å². The molecular weight excluding hydrogens is 446 g/mol. The van der Waals surface area contributed by atoms with E-state index in [-0.39, 0.29) is 12.1 Å². The number of carbonyl (C=O) groups is 1. The second-order valence-corrected chi connectivity index (χ2v) is 9.62. The number of hydrogen-bond acceptors (Lipinski definition) is 5. The predicted molar refractivity (Wildman–Crippen MR) is 139 cm³/mol. The molecule has 1 saturated heterocycles. The van der Waals surface area contributed by atoms with E-state index in [1.807, 2.05) is 38.1 Å². The Morgan fingerprint density at radius 1 is 1.12 bits per heavy atom. The lowest BCUT2D eigenvalue weighted by Gasteiger charge is -2.22. The van der Waals surface area contributed by atoms with Crippen molar-refractivity contribution in [2.75, 3.05) is 18.0 Å². The van der Waals surface area contributed by atoms with E-state index in [1.54, 1.807) is 18.3 Å². The second kappa shape index (κ2) is 11.0. The molecule has 0 radical (unpaired) electrons. The Labute approximate surface area is 207 Å². The first kappa shape index (κ1) is 24.2. The van der Waals surface area contributed by atoms with Gasteiger partial charge in [-0.15, -0.1) is 0 Å². The van der Waals surface area contributed by atoms with Crippen LogP contribution in [0.25, 0.3) is 11.1 Å². The van der Waals surface area contributed by atoms with Crippen LogP contribution in [0.15, 0.2) is 66.9 Å². The summed E-state index contributed by atoms with van der Waals surface area (Å²) < 4.78 is 5.41. The third-order valence-corrected chi connectivity index (χ3v) is 6.37. The molecule has 1 aromatic heterocycles. The summed E-state index contributed by atoms with van der Waals surface area (Å²) in [6, 6.07) is 20.8. The van der Waals surface area contributed by atoms with Crippen LogP contribution in [0.5, 0.6) is 0 Å². The smallest absolute Gasteiger partial charge is 0.342 e. The fourth-order valence-electron chi connectivity index (χ4n) is 4.51. The minimum Gasteiger partial charge on any atom is -0.459 e. The molecule has 1 aliphatic heterocycles. The Morgan fingerprint density at radius 2 is 1.88 bits per heavy atom. The van der Waals surface area contributed by atoms with Crippen molar-refractivity contribution in [3.8, 4) is 11.1 Å². The van der Waals surface area contributed by atoms with Crippen molar-refractivity contribution >= 4 is 23.4 Å². The maximum atomic E-state index is 12.5. The van der Waals surface area contributed by atoms with Crippen LogP contribution in [0.4, 0.5) is 5.82 Å². The van der Waals surface area contributed by atoms with E-state index in [4.69, 9.17) is 16.3 Å². The highest BCUT2D eigenvalue weighted by molar-refractivity contribution is 6.33. The number of ether oxygens (including phenoxy) is 1. The van der Waals surface area contributed by atoms with Crippen LogP contribution >= 0.6 is 11.6 Å². The highest BCUT2D eigenvalue weighted by Gasteiger charge is 2.28. The predicted octanol–water partition coefficient (Wildman–Crippen LogP) is 5.77. The van der Waals surface area contributed by atoms with Crippen molar-refractivity contribution in [2.24, 2.45) is 0 Å². The normalized spacial score (nSPS) is 16.6. The van der Waals surface area contributed by atoms with Gasteiger partial charge >= 0.3 is 5.97 Å². The number of benzene rings is 2. The van der Waals surface area contributed by atoms with E-state index in [2.05, 4.69) is 46.4 Å². The van der Waals surface area contributed by atoms with Crippen molar-refractivity contribution in [2.45, 2.75) is 51.8 Å². The molecule has 1 unspecified atom stereocenters. The molecule has 2 heterocycles. The monoisotopic (exact) mass is 477 g/mol. The van der Waals surface area contributed by atoms with Crippen molar-refractivity contribution in [3.05, 3.63) is 83.0 Å². The molecule has 4 rings (SSSR count). The van der Waals surface area contributed by atoms with Gasteiger partial charge in [0.05, 0.1) is 6.10 Å². The van der Waals surface area contributed by atoms with Crippen LogP contribution in [0, 0.1) is 0 Å². The Kier molecular flexibility index (Phi) is 7.86. The Bertz CT molecular complexity index is 1120. The first-order valence-corrected chi connectivity index (χ1v) is 12.3. The van der Waals surface area contributed by atoms with E-state index in [1.165, 1.54) is 5.56 Å². The number of nitrogens with zero attached hydrogens (tertiary/aromatic N) is 2. The Balaban J connectivity index is 1.34. The van der Waals surface area contributed by atoms with Gasteiger partial charge in [0.1, 0.15) is 11.4 Å². The SMILES string of the molecule is CC(Cc1ccc(-c2ccccc2Cl)cc1)N[C@@H]1CCN(c2ncccc2C(=O)OC(C)C)C1. The largest absolute Gasteiger partial charge is 0.459 e. The number of esters is 1. The molecule has 5 nitrogen and oxygen atoms in total. The van der Waals surface area contributed by atoms with Gasteiger partial charge in [-0.3, -0.25) is 0 Å². The molecule has 0 amide bonds. The topological polar surface area (TPSA) is 54.5 Å². The third-order valence-electron chi connectivity index (χ3n) is 6.04. The van der Waals surface area contributed by atoms with Crippen LogP contribution in [0.1, 0.15) is 43.1 Å². The van der Waals surface area contributed by atoms with Crippen LogP contribution in [0.3, 0.4) is 0 Å². The zero-order valence-electron chi connectivity index (χ0n) is 20.0. The lowest BCUT2D eigenvalue weighted by atomic mass is 10.0. The van der Waals surface area contributed by atoms with Gasteiger partial charge in [0, 0.05) is 42.0 Å². The van der Waals surface area contributed by atoms with E-state index in [0.717, 1.165) is 42.1 Å². The second-order valence-electron chi connectivity index (χ2n) is 9.21. The van der Waals surface area contributed by atoms with Gasteiger partial charge in [-0.1, -0.05) is 54.1 Å². The standard InChI is InChI=1S/C28H32ClN3O2/c1-19(2)34-28(33)25-8-6-15-30-27(25)32-16-14-23(18-32)31-20(3)17-21-10-12-22(13-11-21)24-7-4-5-9-26(24)29/h4-13,15,19-20,23,31H,14,16-18H2,1-3H3/t20?,23-/m1/s1. The zero-order valence-corrected chi connectivity index (χ0v) is 20.8. The quantitative estimate of drug-likeness (QED) is 0.417. The number of aromatic nitrogens is 1. The summed E-state index contributed by atoms with van der Waals surface area (Å²) in [4.78, 5) is 19.2. The van der Waals surface area contributed by atoms with E-state index >= 15 is 0 Å². The van der Waals surface area contributed by atoms with Crippen molar-refractivity contribution < 1.29 is 9.53 Å². The average molecular weight is 478 g/mol. The molecule has 34 heavy (non-hydrogen) atoms. The molecular formula is C28H32ClN3O2. The number of hydrogen-bond donors (Lipinski definition) is 1. The van der Waals surface area contributed by atoms with E-state index < -0.39 is 0 Å². The molecule has 2 atom stereocenters. The lowest BCUT2D eigenvalue weighted by Crippen LogP contribution is -2.40. The van der Waals surface area contributed by atoms with E-state index in [0.29, 0.717) is 23.5 Å². The van der Waals surface area contributed by atoms with Gasteiger partial charge in [-0.2, -0.15) is 0 Å². The Hall–Kier alpha value is -2.89. The van der Waals surface area contributed by atoms with Gasteiger partial charge in [0.15, 0.2) is 0 Å². The molecule has 0 saturated carbocycles. The fourth-order valence-corrected chi connectivity index (χ4v) is 4.75. The zero-order chi connectivity index (χ0) is 24.1. The molecule has 2 aromatic carbocycles. The molecule has 1 fully saturated rings. The van der Waals surface area contributed by atoms with Crippen LogP contribution < -0.4 is 10.2 Å². The number of carbonyl (C=O) groups excluding carboxylic acids is 1. The van der Waals surface area contributed by atoms with Crippen LogP contribution in [-0.4, -0.2) is 42.2 Å². The van der Waals surface area contributed by atoms with Gasteiger partial charge < -0.3 is 15.0 Å². The molecule has 0 aliphatic carbocycles. The molecule has 6 heteroatoms. The summed E-state index contributed by atoms with van der Waals surface area (Å²) in [7, 11) is 0. The van der Waals surface area contributed by atoms with Crippen LogP contribution in [-0.2, 0) is 11.2 Å². The Morgan fingerprint density at radius 3 is 2.62 bits per heavy atom. The third kappa shape index (κ3) is 5.96. The highest BCUT2D eigenvalue weighted by atomic mass is 35.5. The summed E-state index contributed by atoms with van der Waals surface area (Å²) >= 11 is 6.34. The van der Waals surface area contributed by atoms with E-state index in [9.17, 15) is 4.79 Å². The first-order valence-electron chi connectivity index (χ1n) is 11.9. The first-order chi connectivity index (χ1) is 16.4. The maximum Gasteiger partial charge on any atom is 0.342 e. The highest BCUT2D eigenvalue weighted by Crippen LogP contribution is 2.28. The maximum absolute atomic E-state index is 12.5. The van der Waals surface area contributed by atoms with Crippen molar-refractivity contribution in [3.63, 3.8) is 0 Å². The number of rotatable bonds is 8.